The van der Waals surface area contributed by atoms with Crippen LogP contribution in [-0.4, -0.2) is 56.8 Å². The van der Waals surface area contributed by atoms with Gasteiger partial charge in [-0.2, -0.15) is 0 Å². The number of aromatic nitrogens is 2. The first kappa shape index (κ1) is 21.4. The molecule has 1 fully saturated rings. The summed E-state index contributed by atoms with van der Waals surface area (Å²) in [4.78, 5) is 37.1. The van der Waals surface area contributed by atoms with Crippen LogP contribution in [0.3, 0.4) is 0 Å². The predicted octanol–water partition coefficient (Wildman–Crippen LogP) is 3.86. The van der Waals surface area contributed by atoms with E-state index in [-0.39, 0.29) is 11.6 Å². The minimum atomic E-state index is -0.438. The number of hydrogen-bond acceptors (Lipinski definition) is 8. The summed E-state index contributed by atoms with van der Waals surface area (Å²) >= 11 is 2.69. The third-order valence-electron chi connectivity index (χ3n) is 5.01. The van der Waals surface area contributed by atoms with E-state index in [2.05, 4.69) is 14.9 Å². The molecule has 8 nitrogen and oxygen atoms in total. The Kier molecular flexibility index (Phi) is 6.59. The van der Waals surface area contributed by atoms with E-state index in [1.165, 1.54) is 34.7 Å². The molecule has 0 bridgehead atoms. The van der Waals surface area contributed by atoms with E-state index in [1.807, 2.05) is 24.4 Å². The molecule has 0 unspecified atom stereocenters. The van der Waals surface area contributed by atoms with Crippen molar-refractivity contribution in [3.05, 3.63) is 75.0 Å². The van der Waals surface area contributed by atoms with Gasteiger partial charge in [0, 0.05) is 67.8 Å². The lowest BCUT2D eigenvalue weighted by Gasteiger charge is -2.34. The summed E-state index contributed by atoms with van der Waals surface area (Å²) < 4.78 is 0.741. The van der Waals surface area contributed by atoms with Crippen LogP contribution in [0.2, 0.25) is 0 Å². The quantitative estimate of drug-likeness (QED) is 0.412. The maximum Gasteiger partial charge on any atom is 0.284 e. The summed E-state index contributed by atoms with van der Waals surface area (Å²) in [7, 11) is 0. The van der Waals surface area contributed by atoms with E-state index in [1.54, 1.807) is 29.4 Å². The van der Waals surface area contributed by atoms with Crippen LogP contribution in [0, 0.1) is 17.0 Å². The number of hydrogen-bond donors (Lipinski definition) is 0. The first-order valence-electron chi connectivity index (χ1n) is 9.78. The Bertz CT molecular complexity index is 1080. The maximum atomic E-state index is 13.0. The van der Waals surface area contributed by atoms with Crippen molar-refractivity contribution < 1.29 is 9.72 Å². The van der Waals surface area contributed by atoms with E-state index < -0.39 is 4.92 Å². The van der Waals surface area contributed by atoms with Gasteiger partial charge in [-0.1, -0.05) is 11.8 Å². The van der Waals surface area contributed by atoms with Crippen molar-refractivity contribution in [1.82, 2.24) is 19.8 Å². The molecule has 1 aliphatic heterocycles. The molecule has 2 aromatic heterocycles. The molecule has 160 valence electrons. The topological polar surface area (TPSA) is 92.5 Å². The molecule has 1 aliphatic rings. The van der Waals surface area contributed by atoms with E-state index in [0.29, 0.717) is 23.5 Å². The molecule has 1 aromatic carbocycles. The number of rotatable bonds is 6. The van der Waals surface area contributed by atoms with Crippen molar-refractivity contribution in [2.75, 3.05) is 26.2 Å². The first-order chi connectivity index (χ1) is 15.0. The van der Waals surface area contributed by atoms with E-state index >= 15 is 0 Å². The van der Waals surface area contributed by atoms with Gasteiger partial charge in [0.1, 0.15) is 0 Å². The predicted molar refractivity (Wildman–Crippen MR) is 119 cm³/mol. The van der Waals surface area contributed by atoms with Crippen LogP contribution in [0.15, 0.2) is 57.3 Å². The van der Waals surface area contributed by atoms with Crippen LogP contribution >= 0.6 is 23.1 Å². The summed E-state index contributed by atoms with van der Waals surface area (Å²) in [5, 5.41) is 13.5. The zero-order valence-electron chi connectivity index (χ0n) is 16.9. The third-order valence-corrected chi connectivity index (χ3v) is 7.13. The molecular formula is C21H21N5O3S2. The Morgan fingerprint density at radius 3 is 2.58 bits per heavy atom. The maximum absolute atomic E-state index is 13.0. The van der Waals surface area contributed by atoms with Crippen molar-refractivity contribution >= 4 is 34.7 Å². The highest BCUT2D eigenvalue weighted by Crippen LogP contribution is 2.37. The number of amides is 1. The molecule has 3 heterocycles. The van der Waals surface area contributed by atoms with Crippen LogP contribution in [0.1, 0.15) is 21.6 Å². The van der Waals surface area contributed by atoms with Crippen molar-refractivity contribution in [2.24, 2.45) is 0 Å². The monoisotopic (exact) mass is 455 g/mol. The van der Waals surface area contributed by atoms with Crippen molar-refractivity contribution in [2.45, 2.75) is 22.7 Å². The van der Waals surface area contributed by atoms with Gasteiger partial charge in [-0.15, -0.1) is 11.3 Å². The van der Waals surface area contributed by atoms with Gasteiger partial charge in [-0.25, -0.2) is 4.98 Å². The molecule has 0 saturated carbocycles. The number of nitro groups is 1. The van der Waals surface area contributed by atoms with Crippen LogP contribution < -0.4 is 0 Å². The second-order valence-corrected chi connectivity index (χ2v) is 9.37. The highest BCUT2D eigenvalue weighted by molar-refractivity contribution is 8.01. The lowest BCUT2D eigenvalue weighted by Crippen LogP contribution is -2.48. The van der Waals surface area contributed by atoms with Gasteiger partial charge in [0.25, 0.3) is 11.6 Å². The van der Waals surface area contributed by atoms with Crippen molar-refractivity contribution in [1.29, 1.82) is 0 Å². The number of nitro benzene ring substituents is 1. The number of pyridine rings is 1. The SMILES string of the molecule is Cc1csc(Sc2ccc(C(=O)N3CCN(Cc4ccncc4)CC3)cc2[N+](=O)[O-])n1. The number of benzene rings is 1. The average molecular weight is 456 g/mol. The van der Waals surface area contributed by atoms with E-state index in [0.717, 1.165) is 29.7 Å². The molecule has 0 radical (unpaired) electrons. The molecule has 0 atom stereocenters. The van der Waals surface area contributed by atoms with Gasteiger partial charge in [0.05, 0.1) is 9.82 Å². The molecule has 31 heavy (non-hydrogen) atoms. The number of aryl methyl sites for hydroxylation is 1. The zero-order chi connectivity index (χ0) is 21.8. The third kappa shape index (κ3) is 5.27. The zero-order valence-corrected chi connectivity index (χ0v) is 18.6. The summed E-state index contributed by atoms with van der Waals surface area (Å²) in [5.74, 6) is -0.173. The summed E-state index contributed by atoms with van der Waals surface area (Å²) in [5.41, 5.74) is 2.34. The normalized spacial score (nSPS) is 14.5. The molecule has 0 aliphatic carbocycles. The Morgan fingerprint density at radius 1 is 1.19 bits per heavy atom. The summed E-state index contributed by atoms with van der Waals surface area (Å²) in [6, 6.07) is 8.68. The fourth-order valence-electron chi connectivity index (χ4n) is 3.39. The van der Waals surface area contributed by atoms with Gasteiger partial charge in [0.2, 0.25) is 0 Å². The summed E-state index contributed by atoms with van der Waals surface area (Å²) in [6.07, 6.45) is 3.55. The Labute approximate surface area is 188 Å². The second kappa shape index (κ2) is 9.54. The Balaban J connectivity index is 1.42. The van der Waals surface area contributed by atoms with Crippen LogP contribution in [0.4, 0.5) is 5.69 Å². The molecule has 0 spiro atoms. The molecular weight excluding hydrogens is 434 g/mol. The largest absolute Gasteiger partial charge is 0.336 e. The Hall–Kier alpha value is -2.82. The second-order valence-electron chi connectivity index (χ2n) is 7.22. The van der Waals surface area contributed by atoms with Crippen LogP contribution in [0.5, 0.6) is 0 Å². The molecule has 4 rings (SSSR count). The van der Waals surface area contributed by atoms with E-state index in [4.69, 9.17) is 0 Å². The number of carbonyl (C=O) groups excluding carboxylic acids is 1. The smallest absolute Gasteiger partial charge is 0.284 e. The lowest BCUT2D eigenvalue weighted by molar-refractivity contribution is -0.387. The standard InChI is InChI=1S/C21H21N5O3S2/c1-15-14-30-21(23-15)31-19-3-2-17(12-18(19)26(28)29)20(27)25-10-8-24(9-11-25)13-16-4-6-22-7-5-16/h2-7,12,14H,8-11,13H2,1H3. The lowest BCUT2D eigenvalue weighted by atomic mass is 10.1. The molecule has 0 N–H and O–H groups in total. The minimum absolute atomic E-state index is 0.0694. The molecule has 1 saturated heterocycles. The number of carbonyl (C=O) groups is 1. The average Bonchev–Trinajstić information content (AvgIpc) is 3.19. The van der Waals surface area contributed by atoms with Crippen molar-refractivity contribution in [3.8, 4) is 0 Å². The Morgan fingerprint density at radius 2 is 1.94 bits per heavy atom. The van der Waals surface area contributed by atoms with Gasteiger partial charge < -0.3 is 4.90 Å². The van der Waals surface area contributed by atoms with Gasteiger partial charge >= 0.3 is 0 Å². The number of piperazine rings is 1. The fourth-order valence-corrected chi connectivity index (χ4v) is 5.27. The van der Waals surface area contributed by atoms with E-state index in [9.17, 15) is 14.9 Å². The highest BCUT2D eigenvalue weighted by Gasteiger charge is 2.25. The van der Waals surface area contributed by atoms with Crippen LogP contribution in [0.25, 0.3) is 0 Å². The number of nitrogens with zero attached hydrogens (tertiary/aromatic N) is 5. The molecule has 1 amide bonds. The fraction of sp³-hybridized carbons (Fsp3) is 0.286. The minimum Gasteiger partial charge on any atom is -0.336 e. The van der Waals surface area contributed by atoms with Gasteiger partial charge in [0.15, 0.2) is 4.34 Å². The highest BCUT2D eigenvalue weighted by atomic mass is 32.2. The van der Waals surface area contributed by atoms with Gasteiger partial charge in [-0.3, -0.25) is 24.8 Å². The van der Waals surface area contributed by atoms with Crippen molar-refractivity contribution in [3.63, 3.8) is 0 Å². The van der Waals surface area contributed by atoms with Gasteiger partial charge in [-0.05, 0) is 36.8 Å². The molecule has 10 heteroatoms. The first-order valence-corrected chi connectivity index (χ1v) is 11.5. The van der Waals surface area contributed by atoms with Crippen LogP contribution in [-0.2, 0) is 6.54 Å². The number of thiazole rings is 1. The summed E-state index contributed by atoms with van der Waals surface area (Å²) in [6.45, 7) is 5.39. The molecule has 3 aromatic rings.